The molecule has 18 nitrogen and oxygen atoms in total. The van der Waals surface area contributed by atoms with Crippen LogP contribution in [0.25, 0.3) is 32.3 Å². The van der Waals surface area contributed by atoms with E-state index in [1.165, 1.54) is 122 Å². The number of H-pyrrole nitrogens is 2. The van der Waals surface area contributed by atoms with Crippen LogP contribution < -0.4 is 32.2 Å². The first-order valence-corrected chi connectivity index (χ1v) is 48.5. The highest BCUT2D eigenvalue weighted by molar-refractivity contribution is 7.89. The number of fused-ring (bicyclic) bond motifs is 3. The lowest BCUT2D eigenvalue weighted by Crippen LogP contribution is -2.59. The van der Waals surface area contributed by atoms with Gasteiger partial charge in [-0.2, -0.15) is 8.61 Å². The van der Waals surface area contributed by atoms with Gasteiger partial charge in [0.1, 0.15) is 18.8 Å². The minimum absolute atomic E-state index is 0.00496. The van der Waals surface area contributed by atoms with Gasteiger partial charge in [0, 0.05) is 92.7 Å². The Kier molecular flexibility index (Phi) is 29.4. The summed E-state index contributed by atoms with van der Waals surface area (Å²) in [6, 6.07) is 46.2. The molecule has 3 aromatic heterocycles. The number of anilines is 3. The minimum atomic E-state index is -5.32. The van der Waals surface area contributed by atoms with Gasteiger partial charge >= 0.3 is 0 Å². The van der Waals surface area contributed by atoms with Crippen LogP contribution in [0.15, 0.2) is 188 Å². The lowest BCUT2D eigenvalue weighted by Gasteiger charge is -2.41. The van der Waals surface area contributed by atoms with Crippen molar-refractivity contribution in [3.8, 4) is 0 Å². The van der Waals surface area contributed by atoms with Gasteiger partial charge in [-0.05, 0) is 209 Å². The summed E-state index contributed by atoms with van der Waals surface area (Å²) in [7, 11) is -11.5. The van der Waals surface area contributed by atoms with Gasteiger partial charge in [0.05, 0.1) is 6.54 Å². The molecule has 2 aliphatic heterocycles. The number of rotatable bonds is 23. The monoisotopic (exact) mass is 1790 g/mol. The molecule has 3 aliphatic carbocycles. The largest absolute Gasteiger partial charge is 0.381 e. The highest BCUT2D eigenvalue weighted by atomic mass is 35.5. The number of carbonyl (C=O) groups is 2. The van der Waals surface area contributed by atoms with Crippen LogP contribution in [0.5, 0.6) is 0 Å². The summed E-state index contributed by atoms with van der Waals surface area (Å²) in [5, 5.41) is 10.1. The highest BCUT2D eigenvalue weighted by Crippen LogP contribution is 2.40. The number of aromatic nitrogens is 3. The molecule has 2 saturated heterocycles. The molecule has 5 aliphatic rings. The quantitative estimate of drug-likeness (QED) is 0.0117. The van der Waals surface area contributed by atoms with Gasteiger partial charge in [0.2, 0.25) is 42.8 Å². The van der Waals surface area contributed by atoms with Crippen molar-refractivity contribution < 1.29 is 75.1 Å². The standard InChI is InChI=1S/C32H28F5N3O4S.C28H38N2O2Si.C22H24N2O.C10H5ClF5NO3S/c33-25-26(34)28(36)30(29(37)27(25)35)45(43,44)40-15-13-24(40)32(42)39(22-10-11-23-21(16-22)12-14-38-31(23)41)17-18-6-8-20(9-7-18)19-4-2-1-3-5-19;1-33(2,3)18-17-32-21-30-16-15-25-19-26(13-14-27(25)28(30)31)29-20-22-9-11-24(12-10-22)23-7-5-4-6-8-23;25-22-21-11-10-20(14-19(21)12-13-23-22)24-15-16-6-8-18(9-7-16)17-4-2-1-3-5-17;11-10(18)3-1-2-17(3)21(19,20)9-7(15)5(13)4(12)6(14)8(9)16/h6-12,14,16,19,24H,1-5,13,15,17H2,(H,38,41);9-16,19,23,29H,4-8,17-18,20-21H2,1-3H3;6-14,17,24H,1-5,15H2,(H,23,25);3H,1-2H2/t24-;;;3-/m1..1/s1. The summed E-state index contributed by atoms with van der Waals surface area (Å²) < 4.78 is 195. The van der Waals surface area contributed by atoms with Crippen LogP contribution in [0.1, 0.15) is 160 Å². The van der Waals surface area contributed by atoms with Crippen molar-refractivity contribution in [3.05, 3.63) is 287 Å². The molecule has 0 spiro atoms. The third kappa shape index (κ3) is 20.9. The van der Waals surface area contributed by atoms with E-state index in [-0.39, 0.29) is 53.5 Å². The number of pyridine rings is 3. The maximum atomic E-state index is 14.6. The zero-order valence-electron chi connectivity index (χ0n) is 68.5. The zero-order valence-corrected chi connectivity index (χ0v) is 71.9. The topological polar surface area (TPSA) is 233 Å². The van der Waals surface area contributed by atoms with Gasteiger partial charge in [-0.25, -0.2) is 60.7 Å². The molecule has 3 saturated carbocycles. The number of sulfonamides is 2. The molecular formula is C92H95ClF10N8O10S2Si. The Bertz CT molecular complexity index is 6110. The van der Waals surface area contributed by atoms with E-state index in [0.29, 0.717) is 45.6 Å². The Morgan fingerprint density at radius 1 is 0.460 bits per heavy atom. The van der Waals surface area contributed by atoms with Gasteiger partial charge in [0.15, 0.2) is 56.3 Å². The third-order valence-electron chi connectivity index (χ3n) is 23.8. The molecule has 1 amide bonds. The lowest BCUT2D eigenvalue weighted by atomic mass is 9.84. The maximum absolute atomic E-state index is 14.6. The molecule has 0 unspecified atom stereocenters. The van der Waals surface area contributed by atoms with Crippen LogP contribution in [-0.4, -0.2) is 91.0 Å². The van der Waals surface area contributed by atoms with Crippen LogP contribution in [0.3, 0.4) is 0 Å². The van der Waals surface area contributed by atoms with Crippen molar-refractivity contribution in [1.82, 2.24) is 23.1 Å². The Hall–Kier alpha value is -10.3. The molecular weight excluding hydrogens is 1690 g/mol. The second kappa shape index (κ2) is 39.9. The number of ether oxygens (including phenoxy) is 1. The summed E-state index contributed by atoms with van der Waals surface area (Å²) in [5.41, 5.74) is 9.43. The van der Waals surface area contributed by atoms with E-state index in [1.807, 2.05) is 72.9 Å². The highest BCUT2D eigenvalue weighted by Gasteiger charge is 2.49. The van der Waals surface area contributed by atoms with Crippen molar-refractivity contribution in [2.24, 2.45) is 0 Å². The van der Waals surface area contributed by atoms with Gasteiger partial charge < -0.3 is 30.2 Å². The Morgan fingerprint density at radius 2 is 0.839 bits per heavy atom. The molecule has 32 heteroatoms. The first kappa shape index (κ1) is 91.4. The molecule has 656 valence electrons. The van der Waals surface area contributed by atoms with Gasteiger partial charge in [-0.3, -0.25) is 28.5 Å². The average molecular weight is 1790 g/mol. The fraction of sp³-hybridized carbons (Fsp3) is 0.359. The van der Waals surface area contributed by atoms with Gasteiger partial charge in [-0.1, -0.05) is 150 Å². The molecule has 2 atom stereocenters. The number of amides is 1. The Balaban J connectivity index is 0.000000148. The first-order valence-electron chi connectivity index (χ1n) is 41.5. The van der Waals surface area contributed by atoms with E-state index in [4.69, 9.17) is 16.3 Å². The predicted molar refractivity (Wildman–Crippen MR) is 462 cm³/mol. The van der Waals surface area contributed by atoms with Crippen molar-refractivity contribution in [1.29, 1.82) is 0 Å². The predicted octanol–water partition coefficient (Wildman–Crippen LogP) is 20.3. The Labute approximate surface area is 717 Å². The lowest BCUT2D eigenvalue weighted by molar-refractivity contribution is -0.125. The van der Waals surface area contributed by atoms with Crippen LogP contribution in [0.2, 0.25) is 25.7 Å². The van der Waals surface area contributed by atoms with E-state index >= 15 is 0 Å². The number of nitrogens with one attached hydrogen (secondary N) is 4. The number of carbonyl (C=O) groups excluding carboxylic acids is 2. The van der Waals surface area contributed by atoms with Crippen LogP contribution in [0, 0.1) is 58.2 Å². The van der Waals surface area contributed by atoms with Crippen LogP contribution in [-0.2, 0) is 60.7 Å². The number of aromatic amines is 2. The van der Waals surface area contributed by atoms with Gasteiger partial charge in [-0.15, -0.1) is 0 Å². The second-order valence-electron chi connectivity index (χ2n) is 33.2. The normalized spacial score (nSPS) is 16.9. The average Bonchev–Trinajstić information content (AvgIpc) is 0.738. The van der Waals surface area contributed by atoms with E-state index in [0.717, 1.165) is 89.6 Å². The zero-order chi connectivity index (χ0) is 88.5. The molecule has 0 bridgehead atoms. The van der Waals surface area contributed by atoms with Crippen molar-refractivity contribution in [3.63, 3.8) is 0 Å². The second-order valence-corrected chi connectivity index (χ2v) is 42.9. The number of hydrogen-bond acceptors (Lipinski definition) is 12. The molecule has 5 fully saturated rings. The van der Waals surface area contributed by atoms with E-state index in [2.05, 4.69) is 94.8 Å². The fourth-order valence-electron chi connectivity index (χ4n) is 16.4. The van der Waals surface area contributed by atoms with Crippen LogP contribution >= 0.6 is 11.6 Å². The van der Waals surface area contributed by atoms with E-state index < -0.39 is 119 Å². The smallest absolute Gasteiger partial charge is 0.260 e. The summed E-state index contributed by atoms with van der Waals surface area (Å²) >= 11 is 5.09. The third-order valence-corrected chi connectivity index (χ3v) is 29.6. The van der Waals surface area contributed by atoms with Crippen molar-refractivity contribution in [2.45, 2.75) is 201 Å². The van der Waals surface area contributed by atoms with Crippen molar-refractivity contribution >= 4 is 100 Å². The molecule has 124 heavy (non-hydrogen) atoms. The SMILES string of the molecule is C[Si](C)(C)CCOCn1ccc2cc(NCc3ccc(C4CCCCC4)cc3)ccc2c1=O.O=C(Cl)[C@H]1CCN1S(=O)(=O)c1c(F)c(F)c(F)c(F)c1F.O=C([C@H]1CCN1S(=O)(=O)c1c(F)c(F)c(F)c(F)c1F)N(Cc1ccc(C2CCCCC2)cc1)c1ccc2c(=O)[nH]ccc2c1.O=c1[nH]ccc2cc(NCc3ccc(C4CCCCC4)cc3)ccc12. The fourth-order valence-corrected chi connectivity index (χ4v) is 20.9. The number of nitrogens with zero attached hydrogens (tertiary/aromatic N) is 4. The van der Waals surface area contributed by atoms with Gasteiger partial charge in [0.25, 0.3) is 16.7 Å². The summed E-state index contributed by atoms with van der Waals surface area (Å²) in [4.78, 5) is 64.4. The molecule has 11 aromatic rings. The molecule has 4 N–H and O–H groups in total. The van der Waals surface area contributed by atoms with Crippen molar-refractivity contribution in [2.75, 3.05) is 35.2 Å². The molecule has 0 radical (unpaired) electrons. The summed E-state index contributed by atoms with van der Waals surface area (Å²) in [6.07, 6.45) is 24.2. The number of halogens is 11. The number of hydrogen-bond donors (Lipinski definition) is 4. The van der Waals surface area contributed by atoms with E-state index in [1.54, 1.807) is 22.9 Å². The molecule has 16 rings (SSSR count). The number of benzene rings is 8. The minimum Gasteiger partial charge on any atom is -0.381 e. The summed E-state index contributed by atoms with van der Waals surface area (Å²) in [6.45, 7) is 8.86. The Morgan fingerprint density at radius 3 is 1.24 bits per heavy atom. The first-order chi connectivity index (χ1) is 59.3. The summed E-state index contributed by atoms with van der Waals surface area (Å²) in [5.74, 6) is -23.3. The van der Waals surface area contributed by atoms with E-state index in [9.17, 15) is 84.7 Å². The maximum Gasteiger partial charge on any atom is 0.260 e. The molecule has 8 aromatic carbocycles. The van der Waals surface area contributed by atoms with Crippen LogP contribution in [0.4, 0.5) is 61.0 Å². The molecule has 5 heterocycles.